The number of hydrogen-bond acceptors (Lipinski definition) is 7. The Labute approximate surface area is 156 Å². The third kappa shape index (κ3) is 5.44. The predicted molar refractivity (Wildman–Crippen MR) is 94.0 cm³/mol. The molecule has 0 saturated carbocycles. The molecular weight excluding hydrogens is 356 g/mol. The Bertz CT molecular complexity index is 751. The van der Waals surface area contributed by atoms with Crippen LogP contribution in [0.15, 0.2) is 18.2 Å². The van der Waals surface area contributed by atoms with Gasteiger partial charge in [-0.15, -0.1) is 5.06 Å². The van der Waals surface area contributed by atoms with Crippen LogP contribution in [-0.4, -0.2) is 41.1 Å². The largest absolute Gasteiger partial charge is 0.493 e. The molecule has 9 nitrogen and oxygen atoms in total. The van der Waals surface area contributed by atoms with Crippen molar-refractivity contribution in [3.8, 4) is 5.75 Å². The summed E-state index contributed by atoms with van der Waals surface area (Å²) in [7, 11) is 0. The Hall–Kier alpha value is -3.10. The molecule has 1 aromatic carbocycles. The second-order valence-corrected chi connectivity index (χ2v) is 6.73. The molecule has 0 spiro atoms. The molecule has 1 N–H and O–H groups in total. The van der Waals surface area contributed by atoms with Gasteiger partial charge in [0.1, 0.15) is 16.9 Å². The van der Waals surface area contributed by atoms with Gasteiger partial charge in [0.2, 0.25) is 0 Å². The van der Waals surface area contributed by atoms with E-state index in [1.807, 2.05) is 0 Å². The van der Waals surface area contributed by atoms with E-state index in [9.17, 15) is 19.2 Å². The first kappa shape index (κ1) is 20.2. The number of hydroxylamine groups is 2. The first-order valence-corrected chi connectivity index (χ1v) is 8.45. The number of hydrogen-bond donors (Lipinski definition) is 1. The van der Waals surface area contributed by atoms with Crippen LogP contribution < -0.4 is 10.1 Å². The van der Waals surface area contributed by atoms with Crippen molar-refractivity contribution in [2.75, 3.05) is 11.9 Å². The zero-order valence-corrected chi connectivity index (χ0v) is 15.7. The highest BCUT2D eigenvalue weighted by molar-refractivity contribution is 6.03. The van der Waals surface area contributed by atoms with E-state index in [1.165, 1.54) is 18.2 Å². The number of anilines is 1. The quantitative estimate of drug-likeness (QED) is 0.784. The van der Waals surface area contributed by atoms with Crippen LogP contribution in [0.1, 0.15) is 50.9 Å². The van der Waals surface area contributed by atoms with Crippen molar-refractivity contribution in [2.45, 2.75) is 46.1 Å². The lowest BCUT2D eigenvalue weighted by molar-refractivity contribution is -0.172. The molecule has 27 heavy (non-hydrogen) atoms. The third-order valence-electron chi connectivity index (χ3n) is 3.33. The normalized spacial score (nSPS) is 14.1. The van der Waals surface area contributed by atoms with E-state index in [0.717, 1.165) is 0 Å². The van der Waals surface area contributed by atoms with E-state index in [1.54, 1.807) is 27.7 Å². The molecule has 1 saturated heterocycles. The van der Waals surface area contributed by atoms with E-state index in [0.29, 0.717) is 10.8 Å². The summed E-state index contributed by atoms with van der Waals surface area (Å²) in [4.78, 5) is 52.3. The Kier molecular flexibility index (Phi) is 6.04. The summed E-state index contributed by atoms with van der Waals surface area (Å²) < 4.78 is 10.6. The summed E-state index contributed by atoms with van der Waals surface area (Å²) in [6.45, 7) is 7.17. The van der Waals surface area contributed by atoms with Gasteiger partial charge in [0.05, 0.1) is 6.61 Å². The minimum atomic E-state index is -0.911. The highest BCUT2D eigenvalue weighted by atomic mass is 16.7. The van der Waals surface area contributed by atoms with Crippen LogP contribution in [0, 0.1) is 0 Å². The number of nitrogens with one attached hydrogen (secondary N) is 1. The molecule has 0 atom stereocenters. The standard InChI is InChI=1S/C18H22N2O7/c1-5-25-13-10-11(19-17(24)26-18(2,3)4)6-7-12(13)16(23)27-20-14(21)8-9-15(20)22/h6-7,10H,5,8-9H2,1-4H3,(H,19,24). The van der Waals surface area contributed by atoms with Crippen LogP contribution in [0.4, 0.5) is 10.5 Å². The van der Waals surface area contributed by atoms with Gasteiger partial charge < -0.3 is 14.3 Å². The fourth-order valence-corrected chi connectivity index (χ4v) is 2.26. The lowest BCUT2D eigenvalue weighted by Gasteiger charge is -2.20. The molecule has 1 fully saturated rings. The fraction of sp³-hybridized carbons (Fsp3) is 0.444. The van der Waals surface area contributed by atoms with Crippen molar-refractivity contribution in [3.63, 3.8) is 0 Å². The molecule has 3 amide bonds. The van der Waals surface area contributed by atoms with Gasteiger partial charge in [0, 0.05) is 24.6 Å². The van der Waals surface area contributed by atoms with Crippen LogP contribution in [0.3, 0.4) is 0 Å². The zero-order chi connectivity index (χ0) is 20.2. The highest BCUT2D eigenvalue weighted by Crippen LogP contribution is 2.26. The number of rotatable bonds is 5. The minimum Gasteiger partial charge on any atom is -0.493 e. The van der Waals surface area contributed by atoms with Crippen LogP contribution in [0.5, 0.6) is 5.75 Å². The van der Waals surface area contributed by atoms with Gasteiger partial charge in [-0.2, -0.15) is 0 Å². The van der Waals surface area contributed by atoms with Gasteiger partial charge in [-0.3, -0.25) is 14.9 Å². The fourth-order valence-electron chi connectivity index (χ4n) is 2.26. The van der Waals surface area contributed by atoms with Gasteiger partial charge in [-0.05, 0) is 39.8 Å². The summed E-state index contributed by atoms with van der Waals surface area (Å²) in [5.41, 5.74) is -0.303. The van der Waals surface area contributed by atoms with Crippen molar-refractivity contribution in [3.05, 3.63) is 23.8 Å². The summed E-state index contributed by atoms with van der Waals surface area (Å²) in [5.74, 6) is -1.93. The average molecular weight is 378 g/mol. The van der Waals surface area contributed by atoms with Gasteiger partial charge in [-0.1, -0.05) is 0 Å². The molecule has 2 rings (SSSR count). The first-order chi connectivity index (χ1) is 12.6. The lowest BCUT2D eigenvalue weighted by atomic mass is 10.2. The Morgan fingerprint density at radius 3 is 2.33 bits per heavy atom. The average Bonchev–Trinajstić information content (AvgIpc) is 2.85. The number of benzene rings is 1. The van der Waals surface area contributed by atoms with Gasteiger partial charge in [0.25, 0.3) is 11.8 Å². The summed E-state index contributed by atoms with van der Waals surface area (Å²) in [5, 5.41) is 3.00. The van der Waals surface area contributed by atoms with Crippen LogP contribution in [0.25, 0.3) is 0 Å². The summed E-state index contributed by atoms with van der Waals surface area (Å²) in [6, 6.07) is 4.25. The second kappa shape index (κ2) is 8.07. The van der Waals surface area contributed by atoms with E-state index in [4.69, 9.17) is 14.3 Å². The molecule has 0 bridgehead atoms. The topological polar surface area (TPSA) is 111 Å². The molecular formula is C18H22N2O7. The monoisotopic (exact) mass is 378 g/mol. The lowest BCUT2D eigenvalue weighted by Crippen LogP contribution is -2.32. The molecule has 1 aliphatic heterocycles. The van der Waals surface area contributed by atoms with Crippen LogP contribution in [-0.2, 0) is 19.2 Å². The molecule has 9 heteroatoms. The van der Waals surface area contributed by atoms with Crippen molar-refractivity contribution >= 4 is 29.6 Å². The maximum Gasteiger partial charge on any atom is 0.412 e. The molecule has 1 aromatic rings. The minimum absolute atomic E-state index is 0.00315. The van der Waals surface area contributed by atoms with Gasteiger partial charge in [-0.25, -0.2) is 9.59 Å². The number of carbonyl (C=O) groups is 4. The smallest absolute Gasteiger partial charge is 0.412 e. The Morgan fingerprint density at radius 1 is 1.15 bits per heavy atom. The van der Waals surface area contributed by atoms with Crippen LogP contribution >= 0.6 is 0 Å². The summed E-state index contributed by atoms with van der Waals surface area (Å²) >= 11 is 0. The summed E-state index contributed by atoms with van der Waals surface area (Å²) in [6.07, 6.45) is -0.652. The maximum atomic E-state index is 12.3. The number of carbonyl (C=O) groups excluding carboxylic acids is 4. The van der Waals surface area contributed by atoms with Crippen LogP contribution in [0.2, 0.25) is 0 Å². The molecule has 1 aliphatic rings. The molecule has 0 radical (unpaired) electrons. The van der Waals surface area contributed by atoms with E-state index < -0.39 is 29.5 Å². The van der Waals surface area contributed by atoms with Crippen molar-refractivity contribution in [1.29, 1.82) is 0 Å². The van der Waals surface area contributed by atoms with Crippen molar-refractivity contribution < 1.29 is 33.5 Å². The van der Waals surface area contributed by atoms with Crippen molar-refractivity contribution in [1.82, 2.24) is 5.06 Å². The molecule has 0 aromatic heterocycles. The zero-order valence-electron chi connectivity index (χ0n) is 15.7. The predicted octanol–water partition coefficient (Wildman–Crippen LogP) is 2.65. The molecule has 0 aliphatic carbocycles. The van der Waals surface area contributed by atoms with E-state index in [-0.39, 0.29) is 30.8 Å². The van der Waals surface area contributed by atoms with E-state index in [2.05, 4.69) is 5.32 Å². The third-order valence-corrected chi connectivity index (χ3v) is 3.33. The first-order valence-electron chi connectivity index (χ1n) is 8.45. The van der Waals surface area contributed by atoms with E-state index >= 15 is 0 Å². The second-order valence-electron chi connectivity index (χ2n) is 6.73. The molecule has 146 valence electrons. The van der Waals surface area contributed by atoms with Crippen molar-refractivity contribution in [2.24, 2.45) is 0 Å². The molecule has 0 unspecified atom stereocenters. The number of imide groups is 1. The SMILES string of the molecule is CCOc1cc(NC(=O)OC(C)(C)C)ccc1C(=O)ON1C(=O)CCC1=O. The number of ether oxygens (including phenoxy) is 2. The van der Waals surface area contributed by atoms with Gasteiger partial charge >= 0.3 is 12.1 Å². The number of nitrogens with zero attached hydrogens (tertiary/aromatic N) is 1. The molecule has 1 heterocycles. The maximum absolute atomic E-state index is 12.3. The Morgan fingerprint density at radius 2 is 1.78 bits per heavy atom. The van der Waals surface area contributed by atoms with Gasteiger partial charge in [0.15, 0.2) is 0 Å². The Balaban J connectivity index is 2.17. The number of amides is 3. The highest BCUT2D eigenvalue weighted by Gasteiger charge is 2.33.